The van der Waals surface area contributed by atoms with Crippen LogP contribution in [0, 0.1) is 5.82 Å². The summed E-state index contributed by atoms with van der Waals surface area (Å²) in [5.74, 6) is -1.86. The highest BCUT2D eigenvalue weighted by molar-refractivity contribution is 7.80. The van der Waals surface area contributed by atoms with Gasteiger partial charge in [0.15, 0.2) is 23.2 Å². The van der Waals surface area contributed by atoms with E-state index in [-0.39, 0.29) is 33.8 Å². The van der Waals surface area contributed by atoms with Crippen molar-refractivity contribution in [3.63, 3.8) is 0 Å². The van der Waals surface area contributed by atoms with Gasteiger partial charge < -0.3 is 14.8 Å². The molecule has 1 aliphatic heterocycles. The molecule has 4 rings (SSSR count). The number of hydrogen-bond acceptors (Lipinski definition) is 6. The molecule has 1 aliphatic rings. The van der Waals surface area contributed by atoms with Gasteiger partial charge in [-0.05, 0) is 79.3 Å². The van der Waals surface area contributed by atoms with Crippen molar-refractivity contribution in [3.8, 4) is 11.5 Å². The molecule has 2 N–H and O–H groups in total. The van der Waals surface area contributed by atoms with Crippen LogP contribution in [-0.2, 0) is 14.4 Å². The van der Waals surface area contributed by atoms with Crippen molar-refractivity contribution in [3.05, 3.63) is 88.7 Å². The quantitative estimate of drug-likeness (QED) is 0.238. The van der Waals surface area contributed by atoms with E-state index < -0.39 is 30.1 Å². The number of nitrogens with zero attached hydrogens (tertiary/aromatic N) is 1. The molecule has 11 heteroatoms. The van der Waals surface area contributed by atoms with Crippen LogP contribution in [0.3, 0.4) is 0 Å². The molecule has 0 aromatic heterocycles. The topological polar surface area (TPSA) is 97.0 Å². The highest BCUT2D eigenvalue weighted by Gasteiger charge is 2.34. The zero-order valence-electron chi connectivity index (χ0n) is 20.0. The Kier molecular flexibility index (Phi) is 8.35. The van der Waals surface area contributed by atoms with E-state index in [1.165, 1.54) is 47.4 Å². The second-order valence-electron chi connectivity index (χ2n) is 7.90. The number of ether oxygens (including phenoxy) is 2. The summed E-state index contributed by atoms with van der Waals surface area (Å²) in [7, 11) is 0. The standard InChI is InChI=1S/C27H21ClFN3O5S/c1-2-36-22-14-16(12-20-25(34)31-27(38)32(26(20)35)19-6-4-3-5-7-19)13-21(28)24(22)37-15-23(33)30-18-10-8-17(29)9-11-18/h3-14H,2,15H2,1H3,(H,30,33)(H,31,34,38)/b20-12-. The van der Waals surface area contributed by atoms with Crippen molar-refractivity contribution in [1.29, 1.82) is 0 Å². The first kappa shape index (κ1) is 26.8. The van der Waals surface area contributed by atoms with Gasteiger partial charge in [-0.25, -0.2) is 4.39 Å². The average molecular weight is 554 g/mol. The van der Waals surface area contributed by atoms with Crippen LogP contribution in [0.1, 0.15) is 12.5 Å². The Morgan fingerprint density at radius 1 is 1.11 bits per heavy atom. The molecule has 194 valence electrons. The number of nitrogens with one attached hydrogen (secondary N) is 2. The molecule has 1 saturated heterocycles. The van der Waals surface area contributed by atoms with Crippen LogP contribution in [0.25, 0.3) is 6.08 Å². The fraction of sp³-hybridized carbons (Fsp3) is 0.111. The molecule has 8 nitrogen and oxygen atoms in total. The van der Waals surface area contributed by atoms with Gasteiger partial charge in [-0.2, -0.15) is 0 Å². The molecule has 0 spiro atoms. The summed E-state index contributed by atoms with van der Waals surface area (Å²) in [6.07, 6.45) is 1.37. The predicted molar refractivity (Wildman–Crippen MR) is 146 cm³/mol. The smallest absolute Gasteiger partial charge is 0.270 e. The van der Waals surface area contributed by atoms with Crippen LogP contribution in [0.5, 0.6) is 11.5 Å². The van der Waals surface area contributed by atoms with Gasteiger partial charge in [0.25, 0.3) is 17.7 Å². The first-order valence-electron chi connectivity index (χ1n) is 11.4. The Labute approximate surface area is 228 Å². The molecule has 38 heavy (non-hydrogen) atoms. The number of carbonyl (C=O) groups is 3. The molecule has 3 aromatic carbocycles. The number of anilines is 2. The normalized spacial score (nSPS) is 14.3. The van der Waals surface area contributed by atoms with Crippen molar-refractivity contribution in [1.82, 2.24) is 5.32 Å². The Morgan fingerprint density at radius 3 is 2.50 bits per heavy atom. The van der Waals surface area contributed by atoms with Gasteiger partial charge in [0.05, 0.1) is 17.3 Å². The highest BCUT2D eigenvalue weighted by Crippen LogP contribution is 2.37. The van der Waals surface area contributed by atoms with Gasteiger partial charge in [-0.15, -0.1) is 0 Å². The Hall–Kier alpha value is -4.28. The maximum absolute atomic E-state index is 13.2. The van der Waals surface area contributed by atoms with E-state index in [9.17, 15) is 18.8 Å². The largest absolute Gasteiger partial charge is 0.490 e. The number of carbonyl (C=O) groups excluding carboxylic acids is 3. The SMILES string of the molecule is CCOc1cc(/C=C2/C(=O)NC(=S)N(c3ccccc3)C2=O)cc(Cl)c1OCC(=O)Nc1ccc(F)cc1. The molecule has 0 bridgehead atoms. The van der Waals surface area contributed by atoms with Gasteiger partial charge in [0, 0.05) is 5.69 Å². The first-order valence-corrected chi connectivity index (χ1v) is 12.2. The van der Waals surface area contributed by atoms with Crippen LogP contribution >= 0.6 is 23.8 Å². The summed E-state index contributed by atoms with van der Waals surface area (Å²) in [5, 5.41) is 5.18. The van der Waals surface area contributed by atoms with Gasteiger partial charge in [-0.3, -0.25) is 24.6 Å². The molecular weight excluding hydrogens is 533 g/mol. The van der Waals surface area contributed by atoms with Crippen LogP contribution in [0.2, 0.25) is 5.02 Å². The fourth-order valence-electron chi connectivity index (χ4n) is 3.58. The van der Waals surface area contributed by atoms with Crippen LogP contribution in [-0.4, -0.2) is 36.0 Å². The lowest BCUT2D eigenvalue weighted by Crippen LogP contribution is -2.54. The monoisotopic (exact) mass is 553 g/mol. The molecule has 0 saturated carbocycles. The molecule has 0 aliphatic carbocycles. The minimum atomic E-state index is -0.654. The van der Waals surface area contributed by atoms with Gasteiger partial charge >= 0.3 is 0 Å². The van der Waals surface area contributed by atoms with Crippen molar-refractivity contribution < 1.29 is 28.2 Å². The van der Waals surface area contributed by atoms with E-state index in [1.807, 2.05) is 0 Å². The van der Waals surface area contributed by atoms with E-state index in [0.717, 1.165) is 0 Å². The third kappa shape index (κ3) is 6.16. The molecular formula is C27H21ClFN3O5S. The molecule has 0 unspecified atom stereocenters. The van der Waals surface area contributed by atoms with E-state index >= 15 is 0 Å². The number of benzene rings is 3. The summed E-state index contributed by atoms with van der Waals surface area (Å²) < 4.78 is 24.3. The van der Waals surface area contributed by atoms with Crippen LogP contribution < -0.4 is 25.0 Å². The lowest BCUT2D eigenvalue weighted by Gasteiger charge is -2.28. The lowest BCUT2D eigenvalue weighted by molar-refractivity contribution is -0.122. The van der Waals surface area contributed by atoms with Crippen LogP contribution in [0.15, 0.2) is 72.3 Å². The van der Waals surface area contributed by atoms with Crippen LogP contribution in [0.4, 0.5) is 15.8 Å². The molecule has 0 atom stereocenters. The van der Waals surface area contributed by atoms with Crippen molar-refractivity contribution in [2.75, 3.05) is 23.4 Å². The van der Waals surface area contributed by atoms with E-state index in [1.54, 1.807) is 37.3 Å². The summed E-state index contributed by atoms with van der Waals surface area (Å²) in [6.45, 7) is 1.60. The number of amides is 3. The molecule has 3 aromatic rings. The third-order valence-corrected chi connectivity index (χ3v) is 5.80. The minimum absolute atomic E-state index is 0.0287. The Balaban J connectivity index is 1.57. The maximum Gasteiger partial charge on any atom is 0.270 e. The van der Waals surface area contributed by atoms with Gasteiger partial charge in [0.1, 0.15) is 11.4 Å². The number of thiocarbonyl (C=S) groups is 1. The summed E-state index contributed by atoms with van der Waals surface area (Å²) >= 11 is 11.7. The minimum Gasteiger partial charge on any atom is -0.490 e. The molecule has 1 heterocycles. The lowest BCUT2D eigenvalue weighted by atomic mass is 10.1. The zero-order valence-corrected chi connectivity index (χ0v) is 21.6. The second-order valence-corrected chi connectivity index (χ2v) is 8.69. The van der Waals surface area contributed by atoms with E-state index in [2.05, 4.69) is 10.6 Å². The van der Waals surface area contributed by atoms with Gasteiger partial charge in [-0.1, -0.05) is 29.8 Å². The zero-order chi connectivity index (χ0) is 27.2. The van der Waals surface area contributed by atoms with Crippen molar-refractivity contribution in [2.45, 2.75) is 6.92 Å². The van der Waals surface area contributed by atoms with E-state index in [4.69, 9.17) is 33.3 Å². The number of rotatable bonds is 8. The fourth-order valence-corrected chi connectivity index (χ4v) is 4.13. The average Bonchev–Trinajstić information content (AvgIpc) is 2.88. The van der Waals surface area contributed by atoms with Crippen molar-refractivity contribution in [2.24, 2.45) is 0 Å². The van der Waals surface area contributed by atoms with Crippen molar-refractivity contribution >= 4 is 64.1 Å². The Bertz CT molecular complexity index is 1430. The summed E-state index contributed by atoms with van der Waals surface area (Å²) in [5.41, 5.74) is 1.14. The van der Waals surface area contributed by atoms with E-state index in [0.29, 0.717) is 16.9 Å². The first-order chi connectivity index (χ1) is 18.3. The highest BCUT2D eigenvalue weighted by atomic mass is 35.5. The predicted octanol–water partition coefficient (Wildman–Crippen LogP) is 4.73. The molecule has 0 radical (unpaired) electrons. The number of para-hydroxylation sites is 1. The van der Waals surface area contributed by atoms with Gasteiger partial charge in [0.2, 0.25) is 0 Å². The second kappa shape index (κ2) is 11.8. The summed E-state index contributed by atoms with van der Waals surface area (Å²) in [4.78, 5) is 39.4. The number of halogens is 2. The summed E-state index contributed by atoms with van der Waals surface area (Å²) in [6, 6.07) is 17.0. The molecule has 1 fully saturated rings. The molecule has 3 amide bonds. The Morgan fingerprint density at radius 2 is 1.82 bits per heavy atom. The third-order valence-electron chi connectivity index (χ3n) is 5.23. The number of hydrogen-bond donors (Lipinski definition) is 2. The maximum atomic E-state index is 13.2.